The predicted octanol–water partition coefficient (Wildman–Crippen LogP) is 0.294. The molecule has 0 radical (unpaired) electrons. The lowest BCUT2D eigenvalue weighted by Gasteiger charge is -2.26. The number of primary amides is 1. The second kappa shape index (κ2) is 8.68. The summed E-state index contributed by atoms with van der Waals surface area (Å²) in [5.74, 6) is -0.899. The Morgan fingerprint density at radius 3 is 2.45 bits per heavy atom. The van der Waals surface area contributed by atoms with E-state index in [1.165, 1.54) is 22.6 Å². The van der Waals surface area contributed by atoms with Gasteiger partial charge in [-0.05, 0) is 30.3 Å². The summed E-state index contributed by atoms with van der Waals surface area (Å²) in [5.41, 5.74) is 6.04. The Labute approximate surface area is 169 Å². The Bertz CT molecular complexity index is 1000. The van der Waals surface area contributed by atoms with E-state index in [2.05, 4.69) is 5.32 Å². The third-order valence-corrected chi connectivity index (χ3v) is 6.58. The van der Waals surface area contributed by atoms with Crippen molar-refractivity contribution in [1.29, 1.82) is 0 Å². The number of carbonyl (C=O) groups excluding carboxylic acids is 2. The zero-order valence-corrected chi connectivity index (χ0v) is 16.8. The van der Waals surface area contributed by atoms with Gasteiger partial charge in [-0.25, -0.2) is 8.42 Å². The molecule has 0 unspecified atom stereocenters. The lowest BCUT2D eigenvalue weighted by molar-refractivity contribution is -0.705. The van der Waals surface area contributed by atoms with Crippen LogP contribution in [0.4, 0.5) is 5.69 Å². The number of aromatic nitrogens is 1. The standard InChI is InChI=1S/C19H22N4O5S/c1-14(22-8-2-3-15(13-22)18(20)24)19(25)21-16-4-6-17(7-5-16)29(26,27)23-9-11-28-12-10-23/h2-8,13-14H,9-12H2,1H3,(H2-,20,21,24,25)/p+1/t14-/m0/s1. The molecule has 154 valence electrons. The smallest absolute Gasteiger partial charge is 0.293 e. The van der Waals surface area contributed by atoms with Crippen molar-refractivity contribution in [2.24, 2.45) is 5.73 Å². The van der Waals surface area contributed by atoms with Gasteiger partial charge in [0.25, 0.3) is 11.8 Å². The molecule has 3 N–H and O–H groups in total. The van der Waals surface area contributed by atoms with Crippen LogP contribution in [0.25, 0.3) is 0 Å². The Hall–Kier alpha value is -2.82. The molecular weight excluding hydrogens is 396 g/mol. The van der Waals surface area contributed by atoms with Gasteiger partial charge in [-0.1, -0.05) is 0 Å². The van der Waals surface area contributed by atoms with Crippen molar-refractivity contribution in [2.75, 3.05) is 31.6 Å². The van der Waals surface area contributed by atoms with Gasteiger partial charge in [-0.3, -0.25) is 9.59 Å². The quantitative estimate of drug-likeness (QED) is 0.652. The molecule has 0 bridgehead atoms. The van der Waals surface area contributed by atoms with E-state index in [0.717, 1.165) is 0 Å². The van der Waals surface area contributed by atoms with Crippen molar-refractivity contribution in [2.45, 2.75) is 17.9 Å². The number of ether oxygens (including phenoxy) is 1. The normalized spacial score (nSPS) is 16.2. The van der Waals surface area contributed by atoms with Gasteiger partial charge in [0.2, 0.25) is 16.1 Å². The minimum atomic E-state index is -3.59. The van der Waals surface area contributed by atoms with Crippen molar-refractivity contribution in [3.05, 3.63) is 54.4 Å². The van der Waals surface area contributed by atoms with Crippen LogP contribution < -0.4 is 15.6 Å². The maximum atomic E-state index is 12.6. The molecule has 2 amide bonds. The summed E-state index contributed by atoms with van der Waals surface area (Å²) in [6.07, 6.45) is 3.17. The Morgan fingerprint density at radius 2 is 1.83 bits per heavy atom. The van der Waals surface area contributed by atoms with Crippen LogP contribution in [0, 0.1) is 0 Å². The van der Waals surface area contributed by atoms with Crippen LogP contribution in [0.5, 0.6) is 0 Å². The molecule has 1 aromatic carbocycles. The molecule has 0 spiro atoms. The van der Waals surface area contributed by atoms with Gasteiger partial charge >= 0.3 is 0 Å². The maximum absolute atomic E-state index is 12.6. The fraction of sp³-hybridized carbons (Fsp3) is 0.316. The highest BCUT2D eigenvalue weighted by atomic mass is 32.2. The molecule has 1 atom stereocenters. The Balaban J connectivity index is 1.70. The number of carbonyl (C=O) groups is 2. The summed E-state index contributed by atoms with van der Waals surface area (Å²) in [7, 11) is -3.59. The SMILES string of the molecule is C[C@@H](C(=O)Nc1ccc(S(=O)(=O)N2CCOCC2)cc1)[n+]1cccc(C(N)=O)c1. The van der Waals surface area contributed by atoms with E-state index < -0.39 is 22.0 Å². The number of nitrogens with one attached hydrogen (secondary N) is 1. The van der Waals surface area contributed by atoms with Gasteiger partial charge in [0.05, 0.1) is 18.1 Å². The molecule has 9 nitrogen and oxygen atoms in total. The third kappa shape index (κ3) is 4.78. The highest BCUT2D eigenvalue weighted by Gasteiger charge is 2.27. The number of hydrogen-bond acceptors (Lipinski definition) is 5. The number of morpholine rings is 1. The fourth-order valence-corrected chi connectivity index (χ4v) is 4.32. The minimum Gasteiger partial charge on any atom is -0.379 e. The lowest BCUT2D eigenvalue weighted by atomic mass is 10.2. The molecule has 2 heterocycles. The zero-order chi connectivity index (χ0) is 21.0. The number of amides is 2. The summed E-state index contributed by atoms with van der Waals surface area (Å²) in [5, 5.41) is 2.74. The van der Waals surface area contributed by atoms with Crippen molar-refractivity contribution in [1.82, 2.24) is 4.31 Å². The molecule has 1 saturated heterocycles. The second-order valence-corrected chi connectivity index (χ2v) is 8.55. The van der Waals surface area contributed by atoms with Crippen LogP contribution in [-0.4, -0.2) is 50.8 Å². The van der Waals surface area contributed by atoms with Crippen LogP contribution >= 0.6 is 0 Å². The lowest BCUT2D eigenvalue weighted by Crippen LogP contribution is -2.44. The molecule has 10 heteroatoms. The first kappa shape index (κ1) is 20.9. The van der Waals surface area contributed by atoms with Crippen molar-refractivity contribution in [3.63, 3.8) is 0 Å². The van der Waals surface area contributed by atoms with E-state index in [9.17, 15) is 18.0 Å². The van der Waals surface area contributed by atoms with Crippen molar-refractivity contribution < 1.29 is 27.3 Å². The zero-order valence-electron chi connectivity index (χ0n) is 15.9. The summed E-state index contributed by atoms with van der Waals surface area (Å²) < 4.78 is 33.4. The molecule has 3 rings (SSSR count). The van der Waals surface area contributed by atoms with E-state index in [1.54, 1.807) is 42.0 Å². The molecule has 1 fully saturated rings. The molecule has 1 aliphatic rings. The molecule has 1 aromatic heterocycles. The van der Waals surface area contributed by atoms with Crippen molar-refractivity contribution >= 4 is 27.5 Å². The number of pyridine rings is 1. The van der Waals surface area contributed by atoms with Crippen molar-refractivity contribution in [3.8, 4) is 0 Å². The molecule has 29 heavy (non-hydrogen) atoms. The van der Waals surface area contributed by atoms with Gasteiger partial charge in [0.15, 0.2) is 12.4 Å². The second-order valence-electron chi connectivity index (χ2n) is 6.61. The van der Waals surface area contributed by atoms with E-state index in [-0.39, 0.29) is 10.8 Å². The van der Waals surface area contributed by atoms with Gasteiger partial charge in [-0.2, -0.15) is 8.87 Å². The van der Waals surface area contributed by atoms with Gasteiger partial charge in [-0.15, -0.1) is 0 Å². The first-order chi connectivity index (χ1) is 13.8. The van der Waals surface area contributed by atoms with E-state index >= 15 is 0 Å². The number of benzene rings is 1. The van der Waals surface area contributed by atoms with Crippen LogP contribution in [0.15, 0.2) is 53.7 Å². The van der Waals surface area contributed by atoms with Crippen LogP contribution in [-0.2, 0) is 19.6 Å². The monoisotopic (exact) mass is 419 g/mol. The summed E-state index contributed by atoms with van der Waals surface area (Å²) >= 11 is 0. The maximum Gasteiger partial charge on any atom is 0.293 e. The number of nitrogens with two attached hydrogens (primary N) is 1. The van der Waals surface area contributed by atoms with E-state index in [0.29, 0.717) is 37.6 Å². The van der Waals surface area contributed by atoms with E-state index in [1.807, 2.05) is 0 Å². The largest absolute Gasteiger partial charge is 0.379 e. The summed E-state index contributed by atoms with van der Waals surface area (Å²) in [6, 6.07) is 8.61. The van der Waals surface area contributed by atoms with Gasteiger partial charge < -0.3 is 15.8 Å². The van der Waals surface area contributed by atoms with Gasteiger partial charge in [0.1, 0.15) is 5.56 Å². The topological polar surface area (TPSA) is 123 Å². The minimum absolute atomic E-state index is 0.161. The first-order valence-corrected chi connectivity index (χ1v) is 10.5. The number of anilines is 1. The first-order valence-electron chi connectivity index (χ1n) is 9.08. The van der Waals surface area contributed by atoms with Crippen LogP contribution in [0.2, 0.25) is 0 Å². The number of rotatable bonds is 6. The summed E-state index contributed by atoms with van der Waals surface area (Å²) in [6.45, 7) is 3.07. The highest BCUT2D eigenvalue weighted by molar-refractivity contribution is 7.89. The average molecular weight is 419 g/mol. The Morgan fingerprint density at radius 1 is 1.17 bits per heavy atom. The van der Waals surface area contributed by atoms with Gasteiger partial charge in [0, 0.05) is 31.8 Å². The number of sulfonamides is 1. The van der Waals surface area contributed by atoms with Crippen LogP contribution in [0.3, 0.4) is 0 Å². The molecule has 0 saturated carbocycles. The fourth-order valence-electron chi connectivity index (χ4n) is 2.91. The molecular formula is C19H23N4O5S+. The highest BCUT2D eigenvalue weighted by Crippen LogP contribution is 2.19. The Kier molecular flexibility index (Phi) is 6.26. The average Bonchev–Trinajstić information content (AvgIpc) is 2.74. The molecule has 2 aromatic rings. The van der Waals surface area contributed by atoms with Crippen LogP contribution in [0.1, 0.15) is 23.3 Å². The number of nitrogens with zero attached hydrogens (tertiary/aromatic N) is 2. The molecule has 0 aliphatic carbocycles. The van der Waals surface area contributed by atoms with E-state index in [4.69, 9.17) is 10.5 Å². The predicted molar refractivity (Wildman–Crippen MR) is 105 cm³/mol. The number of hydrogen-bond donors (Lipinski definition) is 2. The third-order valence-electron chi connectivity index (χ3n) is 4.66. The molecule has 1 aliphatic heterocycles. The summed E-state index contributed by atoms with van der Waals surface area (Å²) in [4.78, 5) is 24.0.